The number of carbonyl (C=O) groups excluding carboxylic acids is 1. The summed E-state index contributed by atoms with van der Waals surface area (Å²) in [6.45, 7) is 0.789. The van der Waals surface area contributed by atoms with E-state index in [2.05, 4.69) is 25.5 Å². The number of imidazole rings is 1. The zero-order valence-corrected chi connectivity index (χ0v) is 13.5. The number of hydrogen-bond donors (Lipinski definition) is 0. The molecule has 0 spiro atoms. The molecule has 1 aromatic carbocycles. The molecule has 1 aliphatic heterocycles. The number of benzene rings is 1. The Labute approximate surface area is 130 Å². The Morgan fingerprint density at radius 3 is 2.95 bits per heavy atom. The molecule has 2 aromatic rings. The summed E-state index contributed by atoms with van der Waals surface area (Å²) in [5, 5.41) is 0. The van der Waals surface area contributed by atoms with Gasteiger partial charge in [-0.25, -0.2) is 4.98 Å². The number of alkyl halides is 1. The third-order valence-electron chi connectivity index (χ3n) is 3.75. The third-order valence-corrected chi connectivity index (χ3v) is 4.44. The number of aromatic nitrogens is 2. The van der Waals surface area contributed by atoms with Crippen LogP contribution in [0.3, 0.4) is 0 Å². The van der Waals surface area contributed by atoms with Crippen molar-refractivity contribution < 1.29 is 4.79 Å². The van der Waals surface area contributed by atoms with E-state index in [4.69, 9.17) is 11.6 Å². The van der Waals surface area contributed by atoms with Crippen LogP contribution in [0.2, 0.25) is 0 Å². The second-order valence-corrected chi connectivity index (χ2v) is 6.33. The smallest absolute Gasteiger partial charge is 0.245 e. The van der Waals surface area contributed by atoms with Crippen LogP contribution in [-0.4, -0.2) is 39.8 Å². The van der Waals surface area contributed by atoms with Gasteiger partial charge in [0.25, 0.3) is 0 Å². The van der Waals surface area contributed by atoms with Gasteiger partial charge < -0.3 is 9.47 Å². The van der Waals surface area contributed by atoms with E-state index >= 15 is 0 Å². The summed E-state index contributed by atoms with van der Waals surface area (Å²) in [7, 11) is 1.85. The zero-order chi connectivity index (χ0) is 14.3. The van der Waals surface area contributed by atoms with Crippen LogP contribution in [0.15, 0.2) is 22.7 Å². The van der Waals surface area contributed by atoms with Gasteiger partial charge in [0.2, 0.25) is 5.91 Å². The Hall–Kier alpha value is -1.07. The maximum Gasteiger partial charge on any atom is 0.245 e. The molecule has 1 aliphatic rings. The molecule has 0 bridgehead atoms. The fraction of sp³-hybridized carbons (Fsp3) is 0.429. The average molecular weight is 357 g/mol. The Morgan fingerprint density at radius 2 is 2.30 bits per heavy atom. The minimum absolute atomic E-state index is 0.153. The van der Waals surface area contributed by atoms with Gasteiger partial charge >= 0.3 is 0 Å². The van der Waals surface area contributed by atoms with E-state index in [1.165, 1.54) is 0 Å². The normalized spacial score (nSPS) is 19.2. The number of halogens is 2. The molecule has 1 fully saturated rings. The summed E-state index contributed by atoms with van der Waals surface area (Å²) in [5.74, 6) is 1.54. The molecule has 2 heterocycles. The number of fused-ring (bicyclic) bond motifs is 1. The van der Waals surface area contributed by atoms with E-state index < -0.39 is 0 Å². The molecular formula is C14H15BrClN3O. The molecule has 20 heavy (non-hydrogen) atoms. The molecule has 0 saturated carbocycles. The lowest BCUT2D eigenvalue weighted by Crippen LogP contribution is -2.25. The number of carbonyl (C=O) groups is 1. The highest BCUT2D eigenvalue weighted by Gasteiger charge is 2.33. The van der Waals surface area contributed by atoms with Crippen molar-refractivity contribution in [3.05, 3.63) is 28.5 Å². The lowest BCUT2D eigenvalue weighted by Gasteiger charge is -2.15. The van der Waals surface area contributed by atoms with Crippen molar-refractivity contribution in [1.82, 2.24) is 14.5 Å². The number of hydrogen-bond acceptors (Lipinski definition) is 2. The van der Waals surface area contributed by atoms with Crippen molar-refractivity contribution in [3.8, 4) is 0 Å². The first-order chi connectivity index (χ1) is 9.61. The van der Waals surface area contributed by atoms with E-state index in [1.807, 2.05) is 25.2 Å². The molecule has 1 unspecified atom stereocenters. The minimum Gasteiger partial charge on any atom is -0.344 e. The zero-order valence-electron chi connectivity index (χ0n) is 11.1. The van der Waals surface area contributed by atoms with E-state index in [9.17, 15) is 4.79 Å². The number of nitrogens with zero attached hydrogens (tertiary/aromatic N) is 3. The first kappa shape index (κ1) is 13.9. The molecule has 0 N–H and O–H groups in total. The van der Waals surface area contributed by atoms with Crippen molar-refractivity contribution in [1.29, 1.82) is 0 Å². The quantitative estimate of drug-likeness (QED) is 0.793. The molecule has 0 radical (unpaired) electrons. The van der Waals surface area contributed by atoms with Crippen molar-refractivity contribution in [2.75, 3.05) is 19.5 Å². The SMILES string of the molecule is CN1CCC(n2c(CCCl)nc3ccc(Br)cc32)C1=O. The first-order valence-electron chi connectivity index (χ1n) is 6.59. The second kappa shape index (κ2) is 5.37. The summed E-state index contributed by atoms with van der Waals surface area (Å²) in [5.41, 5.74) is 1.91. The van der Waals surface area contributed by atoms with Gasteiger partial charge in [-0.2, -0.15) is 0 Å². The van der Waals surface area contributed by atoms with Crippen LogP contribution >= 0.6 is 27.5 Å². The van der Waals surface area contributed by atoms with E-state index in [1.54, 1.807) is 4.90 Å². The van der Waals surface area contributed by atoms with Crippen molar-refractivity contribution in [2.45, 2.75) is 18.9 Å². The fourth-order valence-corrected chi connectivity index (χ4v) is 3.29. The van der Waals surface area contributed by atoms with Gasteiger partial charge in [-0.05, 0) is 24.6 Å². The predicted molar refractivity (Wildman–Crippen MR) is 83.1 cm³/mol. The fourth-order valence-electron chi connectivity index (χ4n) is 2.77. The molecule has 0 aliphatic carbocycles. The number of likely N-dealkylation sites (N-methyl/N-ethyl adjacent to an activating group) is 1. The van der Waals surface area contributed by atoms with Gasteiger partial charge in [0, 0.05) is 30.4 Å². The summed E-state index contributed by atoms with van der Waals surface area (Å²) < 4.78 is 3.05. The summed E-state index contributed by atoms with van der Waals surface area (Å²) in [6.07, 6.45) is 1.49. The van der Waals surface area contributed by atoms with Crippen LogP contribution in [-0.2, 0) is 11.2 Å². The number of aryl methyl sites for hydroxylation is 1. The third kappa shape index (κ3) is 2.23. The van der Waals surface area contributed by atoms with Gasteiger partial charge in [-0.15, -0.1) is 11.6 Å². The molecule has 6 heteroatoms. The molecule has 3 rings (SSSR count). The molecular weight excluding hydrogens is 342 g/mol. The number of likely N-dealkylation sites (tertiary alicyclic amines) is 1. The predicted octanol–water partition coefficient (Wildman–Crippen LogP) is 2.98. The molecule has 4 nitrogen and oxygen atoms in total. The molecule has 1 amide bonds. The van der Waals surface area contributed by atoms with Crippen molar-refractivity contribution >= 4 is 44.5 Å². The first-order valence-corrected chi connectivity index (χ1v) is 7.92. The van der Waals surface area contributed by atoms with E-state index in [-0.39, 0.29) is 11.9 Å². The Balaban J connectivity index is 2.18. The molecule has 1 saturated heterocycles. The van der Waals surface area contributed by atoms with Gasteiger partial charge in [0.05, 0.1) is 11.0 Å². The topological polar surface area (TPSA) is 38.1 Å². The maximum atomic E-state index is 12.3. The highest BCUT2D eigenvalue weighted by molar-refractivity contribution is 9.10. The molecule has 1 aromatic heterocycles. The highest BCUT2D eigenvalue weighted by Crippen LogP contribution is 2.30. The Bertz CT molecular complexity index is 670. The number of amides is 1. The Morgan fingerprint density at radius 1 is 1.50 bits per heavy atom. The van der Waals surface area contributed by atoms with E-state index in [0.717, 1.165) is 34.3 Å². The van der Waals surface area contributed by atoms with Crippen molar-refractivity contribution in [3.63, 3.8) is 0 Å². The van der Waals surface area contributed by atoms with Crippen LogP contribution in [0.1, 0.15) is 18.3 Å². The van der Waals surface area contributed by atoms with Gasteiger partial charge in [-0.3, -0.25) is 4.79 Å². The van der Waals surface area contributed by atoms with Crippen LogP contribution in [0.4, 0.5) is 0 Å². The van der Waals surface area contributed by atoms with Crippen LogP contribution in [0, 0.1) is 0 Å². The standard InChI is InChI=1S/C14H15BrClN3O/c1-18-7-5-11(14(18)20)19-12-8-9(15)2-3-10(12)17-13(19)4-6-16/h2-3,8,11H,4-7H2,1H3. The van der Waals surface area contributed by atoms with Crippen LogP contribution in [0.5, 0.6) is 0 Å². The lowest BCUT2D eigenvalue weighted by molar-refractivity contribution is -0.129. The lowest BCUT2D eigenvalue weighted by atomic mass is 10.2. The van der Waals surface area contributed by atoms with E-state index in [0.29, 0.717) is 12.3 Å². The number of rotatable bonds is 3. The molecule has 106 valence electrons. The largest absolute Gasteiger partial charge is 0.344 e. The summed E-state index contributed by atoms with van der Waals surface area (Å²) >= 11 is 9.37. The molecule has 1 atom stereocenters. The van der Waals surface area contributed by atoms with Crippen LogP contribution in [0.25, 0.3) is 11.0 Å². The highest BCUT2D eigenvalue weighted by atomic mass is 79.9. The van der Waals surface area contributed by atoms with Gasteiger partial charge in [0.1, 0.15) is 11.9 Å². The Kier molecular flexibility index (Phi) is 3.73. The maximum absolute atomic E-state index is 12.3. The van der Waals surface area contributed by atoms with Crippen molar-refractivity contribution in [2.24, 2.45) is 0 Å². The van der Waals surface area contributed by atoms with Gasteiger partial charge in [-0.1, -0.05) is 15.9 Å². The summed E-state index contributed by atoms with van der Waals surface area (Å²) in [6, 6.07) is 5.80. The second-order valence-electron chi connectivity index (χ2n) is 5.03. The van der Waals surface area contributed by atoms with Gasteiger partial charge in [0.15, 0.2) is 0 Å². The monoisotopic (exact) mass is 355 g/mol. The van der Waals surface area contributed by atoms with Crippen LogP contribution < -0.4 is 0 Å². The minimum atomic E-state index is -0.155. The summed E-state index contributed by atoms with van der Waals surface area (Å²) in [4.78, 5) is 18.7. The average Bonchev–Trinajstić information content (AvgIpc) is 2.92.